The fraction of sp³-hybridized carbons (Fsp3) is 0.100. The van der Waals surface area contributed by atoms with E-state index in [2.05, 4.69) is 15.3 Å². The molecule has 3 rings (SSSR count). The van der Waals surface area contributed by atoms with E-state index in [1.807, 2.05) is 30.3 Å². The fourth-order valence-corrected chi connectivity index (χ4v) is 2.22. The fourth-order valence-electron chi connectivity index (χ4n) is 1.51. The van der Waals surface area contributed by atoms with Crippen molar-refractivity contribution in [3.63, 3.8) is 0 Å². The number of hydrogen-bond acceptors (Lipinski definition) is 5. The van der Waals surface area contributed by atoms with Gasteiger partial charge in [-0.05, 0) is 0 Å². The van der Waals surface area contributed by atoms with Crippen molar-refractivity contribution in [1.29, 1.82) is 0 Å². The molecule has 5 nitrogen and oxygen atoms in total. The highest BCUT2D eigenvalue weighted by Gasteiger charge is 2.11. The van der Waals surface area contributed by atoms with Crippen molar-refractivity contribution in [3.8, 4) is 11.4 Å². The van der Waals surface area contributed by atoms with Gasteiger partial charge in [-0.15, -0.1) is 10.2 Å². The zero-order valence-electron chi connectivity index (χ0n) is 8.37. The molecule has 2 aromatic heterocycles. The lowest BCUT2D eigenvalue weighted by atomic mass is 10.2. The molecular formula is C10H9N5S. The van der Waals surface area contributed by atoms with Gasteiger partial charge in [0.1, 0.15) is 5.01 Å². The van der Waals surface area contributed by atoms with Gasteiger partial charge in [0.05, 0.1) is 0 Å². The van der Waals surface area contributed by atoms with Gasteiger partial charge in [0.2, 0.25) is 4.96 Å². The second-order valence-corrected chi connectivity index (χ2v) is 4.32. The van der Waals surface area contributed by atoms with Gasteiger partial charge in [-0.25, -0.2) is 0 Å². The molecule has 0 saturated heterocycles. The maximum absolute atomic E-state index is 5.55. The first-order valence-electron chi connectivity index (χ1n) is 4.85. The van der Waals surface area contributed by atoms with Crippen LogP contribution in [-0.2, 0) is 6.54 Å². The van der Waals surface area contributed by atoms with Crippen molar-refractivity contribution in [3.05, 3.63) is 35.3 Å². The zero-order valence-corrected chi connectivity index (χ0v) is 9.18. The molecule has 0 atom stereocenters. The van der Waals surface area contributed by atoms with Crippen LogP contribution in [0.1, 0.15) is 5.01 Å². The van der Waals surface area contributed by atoms with E-state index < -0.39 is 0 Å². The normalized spacial score (nSPS) is 11.1. The summed E-state index contributed by atoms with van der Waals surface area (Å²) in [5, 5.41) is 13.4. The second kappa shape index (κ2) is 3.66. The Balaban J connectivity index is 2.20. The van der Waals surface area contributed by atoms with Crippen LogP contribution in [0.15, 0.2) is 30.3 Å². The monoisotopic (exact) mass is 231 g/mol. The van der Waals surface area contributed by atoms with Gasteiger partial charge in [-0.2, -0.15) is 9.61 Å². The van der Waals surface area contributed by atoms with E-state index >= 15 is 0 Å². The first kappa shape index (κ1) is 9.44. The van der Waals surface area contributed by atoms with Crippen molar-refractivity contribution in [2.45, 2.75) is 6.54 Å². The average molecular weight is 231 g/mol. The van der Waals surface area contributed by atoms with Crippen LogP contribution in [-0.4, -0.2) is 19.8 Å². The molecule has 0 unspecified atom stereocenters. The molecule has 0 aliphatic carbocycles. The minimum absolute atomic E-state index is 0.433. The van der Waals surface area contributed by atoms with Crippen LogP contribution in [0.2, 0.25) is 0 Å². The highest BCUT2D eigenvalue weighted by molar-refractivity contribution is 7.16. The van der Waals surface area contributed by atoms with Gasteiger partial charge in [0.25, 0.3) is 0 Å². The van der Waals surface area contributed by atoms with Gasteiger partial charge in [-0.3, -0.25) is 0 Å². The first-order valence-corrected chi connectivity index (χ1v) is 5.67. The van der Waals surface area contributed by atoms with Crippen molar-refractivity contribution in [1.82, 2.24) is 19.8 Å². The van der Waals surface area contributed by atoms with Crippen LogP contribution in [0.5, 0.6) is 0 Å². The number of nitrogens with two attached hydrogens (primary N) is 1. The molecule has 0 aliphatic rings. The van der Waals surface area contributed by atoms with E-state index in [0.717, 1.165) is 21.4 Å². The highest BCUT2D eigenvalue weighted by Crippen LogP contribution is 2.20. The minimum Gasteiger partial charge on any atom is -0.324 e. The number of fused-ring (bicyclic) bond motifs is 1. The summed E-state index contributed by atoms with van der Waals surface area (Å²) in [4.78, 5) is 0.777. The van der Waals surface area contributed by atoms with Crippen molar-refractivity contribution >= 4 is 16.3 Å². The van der Waals surface area contributed by atoms with Crippen molar-refractivity contribution in [2.24, 2.45) is 5.73 Å². The second-order valence-electron chi connectivity index (χ2n) is 3.28. The summed E-state index contributed by atoms with van der Waals surface area (Å²) in [6.07, 6.45) is 0. The predicted octanol–water partition coefficient (Wildman–Crippen LogP) is 1.31. The van der Waals surface area contributed by atoms with Gasteiger partial charge < -0.3 is 5.73 Å². The maximum atomic E-state index is 5.55. The molecule has 16 heavy (non-hydrogen) atoms. The molecule has 3 aromatic rings. The Morgan fingerprint density at radius 1 is 1.19 bits per heavy atom. The third kappa shape index (κ3) is 1.39. The average Bonchev–Trinajstić information content (AvgIpc) is 2.88. The molecule has 80 valence electrons. The van der Waals surface area contributed by atoms with Crippen LogP contribution >= 0.6 is 11.3 Å². The number of aromatic nitrogens is 4. The third-order valence-corrected chi connectivity index (χ3v) is 3.16. The van der Waals surface area contributed by atoms with E-state index in [1.54, 1.807) is 4.52 Å². The van der Waals surface area contributed by atoms with Gasteiger partial charge >= 0.3 is 0 Å². The lowest BCUT2D eigenvalue weighted by Gasteiger charge is -1.94. The first-order chi connectivity index (χ1) is 7.88. The zero-order chi connectivity index (χ0) is 11.0. The van der Waals surface area contributed by atoms with E-state index in [4.69, 9.17) is 5.73 Å². The van der Waals surface area contributed by atoms with Crippen LogP contribution < -0.4 is 5.73 Å². The Morgan fingerprint density at radius 2 is 2.00 bits per heavy atom. The molecule has 0 bridgehead atoms. The van der Waals surface area contributed by atoms with Crippen LogP contribution in [0.25, 0.3) is 16.3 Å². The molecule has 0 aliphatic heterocycles. The van der Waals surface area contributed by atoms with Crippen LogP contribution in [0.3, 0.4) is 0 Å². The Labute approximate surface area is 95.5 Å². The number of rotatable bonds is 2. The standard InChI is InChI=1S/C10H9N5S/c11-6-8-14-15-9(12-13-10(15)16-8)7-4-2-1-3-5-7/h1-5H,6,11H2. The van der Waals surface area contributed by atoms with E-state index in [0.29, 0.717) is 6.54 Å². The number of hydrogen-bond donors (Lipinski definition) is 1. The summed E-state index contributed by atoms with van der Waals surface area (Å²) >= 11 is 1.47. The quantitative estimate of drug-likeness (QED) is 0.722. The number of nitrogens with zero attached hydrogens (tertiary/aromatic N) is 4. The molecule has 6 heteroatoms. The molecular weight excluding hydrogens is 222 g/mol. The lowest BCUT2D eigenvalue weighted by molar-refractivity contribution is 0.894. The molecule has 2 heterocycles. The van der Waals surface area contributed by atoms with E-state index in [9.17, 15) is 0 Å². The summed E-state index contributed by atoms with van der Waals surface area (Å²) in [5.41, 5.74) is 6.55. The smallest absolute Gasteiger partial charge is 0.235 e. The van der Waals surface area contributed by atoms with Gasteiger partial charge in [-0.1, -0.05) is 41.7 Å². The Kier molecular flexibility index (Phi) is 2.16. The van der Waals surface area contributed by atoms with Gasteiger partial charge in [0, 0.05) is 12.1 Å². The summed E-state index contributed by atoms with van der Waals surface area (Å²) in [6.45, 7) is 0.433. The topological polar surface area (TPSA) is 69.1 Å². The maximum Gasteiger partial charge on any atom is 0.235 e. The Bertz CT molecular complexity index is 612. The molecule has 0 fully saturated rings. The van der Waals surface area contributed by atoms with E-state index in [-0.39, 0.29) is 0 Å². The summed E-state index contributed by atoms with van der Waals surface area (Å²) < 4.78 is 1.74. The summed E-state index contributed by atoms with van der Waals surface area (Å²) in [6, 6.07) is 9.86. The van der Waals surface area contributed by atoms with Crippen molar-refractivity contribution < 1.29 is 0 Å². The Morgan fingerprint density at radius 3 is 2.75 bits per heavy atom. The molecule has 0 amide bonds. The number of benzene rings is 1. The summed E-state index contributed by atoms with van der Waals surface area (Å²) in [5.74, 6) is 0.756. The lowest BCUT2D eigenvalue weighted by Crippen LogP contribution is -1.97. The SMILES string of the molecule is NCc1nn2c(-c3ccccc3)nnc2s1. The van der Waals surface area contributed by atoms with Gasteiger partial charge in [0.15, 0.2) is 5.82 Å². The molecule has 0 saturated carbocycles. The van der Waals surface area contributed by atoms with Crippen LogP contribution in [0, 0.1) is 0 Å². The van der Waals surface area contributed by atoms with Crippen molar-refractivity contribution in [2.75, 3.05) is 0 Å². The largest absolute Gasteiger partial charge is 0.324 e. The summed E-state index contributed by atoms with van der Waals surface area (Å²) in [7, 11) is 0. The predicted molar refractivity (Wildman–Crippen MR) is 62.0 cm³/mol. The molecule has 2 N–H and O–H groups in total. The minimum atomic E-state index is 0.433. The molecule has 0 radical (unpaired) electrons. The highest BCUT2D eigenvalue weighted by atomic mass is 32.1. The molecule has 0 spiro atoms. The van der Waals surface area contributed by atoms with E-state index in [1.165, 1.54) is 11.3 Å². The van der Waals surface area contributed by atoms with Crippen LogP contribution in [0.4, 0.5) is 0 Å². The molecule has 1 aromatic carbocycles. The third-order valence-electron chi connectivity index (χ3n) is 2.24. The Hall–Kier alpha value is -1.79.